The predicted molar refractivity (Wildman–Crippen MR) is 147 cm³/mol. The summed E-state index contributed by atoms with van der Waals surface area (Å²) in [4.78, 5) is 27.9. The maximum Gasteiger partial charge on any atom is 0.412 e. The highest BCUT2D eigenvalue weighted by Gasteiger charge is 2.31. The lowest BCUT2D eigenvalue weighted by Crippen LogP contribution is -2.27. The van der Waals surface area contributed by atoms with Crippen molar-refractivity contribution < 1.29 is 23.0 Å². The van der Waals surface area contributed by atoms with Crippen molar-refractivity contribution in [2.24, 2.45) is 5.92 Å². The van der Waals surface area contributed by atoms with E-state index in [1.165, 1.54) is 0 Å². The number of benzene rings is 1. The number of amides is 1. The molecule has 1 atom stereocenters. The number of aromatic nitrogens is 3. The summed E-state index contributed by atoms with van der Waals surface area (Å²) in [6.07, 6.45) is 2.83. The van der Waals surface area contributed by atoms with Gasteiger partial charge in [0.05, 0.1) is 35.4 Å². The second-order valence-electron chi connectivity index (χ2n) is 11.1. The third-order valence-corrected chi connectivity index (χ3v) is 8.14. The first-order chi connectivity index (χ1) is 19.1. The molecule has 6 rings (SSSR count). The highest BCUT2D eigenvalue weighted by molar-refractivity contribution is 7.23. The number of halogens is 2. The number of hydrogen-bond acceptors (Lipinski definition) is 9. The van der Waals surface area contributed by atoms with Crippen molar-refractivity contribution in [3.63, 3.8) is 0 Å². The lowest BCUT2D eigenvalue weighted by molar-refractivity contribution is 0.0636. The Labute approximate surface area is 232 Å². The summed E-state index contributed by atoms with van der Waals surface area (Å²) < 4.78 is 42.7. The molecule has 0 bridgehead atoms. The molecule has 4 aromatic rings. The van der Waals surface area contributed by atoms with Gasteiger partial charge in [-0.2, -0.15) is 5.26 Å². The first kappa shape index (κ1) is 26.3. The van der Waals surface area contributed by atoms with Crippen LogP contribution in [0.5, 0.6) is 0 Å². The van der Waals surface area contributed by atoms with E-state index < -0.39 is 23.3 Å². The topological polar surface area (TPSA) is 113 Å². The fourth-order valence-electron chi connectivity index (χ4n) is 5.27. The molecule has 0 saturated carbocycles. The number of carbonyl (C=O) groups excluding carboxylic acids is 1. The number of fused-ring (bicyclic) bond motifs is 4. The standard InChI is InChI=1S/C28H26F2N6O3S/c1-13-5-6-36(10-13)26-33-8-15-16-11-38-12-17(16)19(21(30)22(15)34-26)23-20-14(7-31)25(35-27(37)39-28(2,3)4)40-24(20)18(29)9-32-23/h8-9,13H,5-6,10-12H2,1-4H3,(H,35,37). The van der Waals surface area contributed by atoms with Crippen LogP contribution in [0.3, 0.4) is 0 Å². The van der Waals surface area contributed by atoms with Crippen LogP contribution in [-0.2, 0) is 22.7 Å². The van der Waals surface area contributed by atoms with Crippen molar-refractivity contribution >= 4 is 49.4 Å². The monoisotopic (exact) mass is 564 g/mol. The van der Waals surface area contributed by atoms with Gasteiger partial charge in [0.25, 0.3) is 0 Å². The molecule has 1 amide bonds. The van der Waals surface area contributed by atoms with Gasteiger partial charge >= 0.3 is 6.09 Å². The quantitative estimate of drug-likeness (QED) is 0.309. The van der Waals surface area contributed by atoms with Crippen LogP contribution in [-0.4, -0.2) is 39.7 Å². The maximum atomic E-state index is 16.6. The van der Waals surface area contributed by atoms with Crippen molar-refractivity contribution in [2.45, 2.75) is 52.9 Å². The fourth-order valence-corrected chi connectivity index (χ4v) is 6.31. The molecule has 0 aliphatic carbocycles. The number of anilines is 2. The summed E-state index contributed by atoms with van der Waals surface area (Å²) in [6.45, 7) is 9.16. The van der Waals surface area contributed by atoms with E-state index in [4.69, 9.17) is 9.47 Å². The summed E-state index contributed by atoms with van der Waals surface area (Å²) in [5.74, 6) is -0.419. The number of hydrogen-bond donors (Lipinski definition) is 1. The average Bonchev–Trinajstić information content (AvgIpc) is 3.63. The second-order valence-corrected chi connectivity index (χ2v) is 12.1. The number of nitriles is 1. The molecule has 1 unspecified atom stereocenters. The normalized spacial score (nSPS) is 16.9. The van der Waals surface area contributed by atoms with Gasteiger partial charge in [-0.1, -0.05) is 6.92 Å². The van der Waals surface area contributed by atoms with E-state index >= 15 is 8.78 Å². The SMILES string of the molecule is CC1CCN(c2ncc3c4c(c(-c5ncc(F)c6sc(NC(=O)OC(C)(C)C)c(C#N)c56)c(F)c3n2)COC4)C1. The van der Waals surface area contributed by atoms with Crippen molar-refractivity contribution in [3.8, 4) is 17.3 Å². The highest BCUT2D eigenvalue weighted by atomic mass is 32.1. The zero-order chi connectivity index (χ0) is 28.3. The third-order valence-electron chi connectivity index (χ3n) is 7.03. The number of carbonyl (C=O) groups is 1. The number of thiophene rings is 1. The lowest BCUT2D eigenvalue weighted by Gasteiger charge is -2.19. The van der Waals surface area contributed by atoms with E-state index in [9.17, 15) is 10.1 Å². The molecule has 2 aliphatic rings. The van der Waals surface area contributed by atoms with E-state index in [-0.39, 0.29) is 50.6 Å². The second kappa shape index (κ2) is 9.60. The minimum atomic E-state index is -0.794. The molecule has 40 heavy (non-hydrogen) atoms. The van der Waals surface area contributed by atoms with Crippen LogP contribution >= 0.6 is 11.3 Å². The fraction of sp³-hybridized carbons (Fsp3) is 0.393. The first-order valence-electron chi connectivity index (χ1n) is 12.9. The number of nitrogens with one attached hydrogen (secondary N) is 1. The zero-order valence-electron chi connectivity index (χ0n) is 22.4. The number of nitrogens with zero attached hydrogens (tertiary/aromatic N) is 5. The van der Waals surface area contributed by atoms with Gasteiger partial charge in [-0.15, -0.1) is 11.3 Å². The molecule has 2 aliphatic heterocycles. The van der Waals surface area contributed by atoms with Crippen LogP contribution in [0, 0.1) is 28.9 Å². The Balaban J connectivity index is 1.56. The molecule has 1 aromatic carbocycles. The molecular weight excluding hydrogens is 538 g/mol. The molecule has 1 saturated heterocycles. The van der Waals surface area contributed by atoms with Gasteiger partial charge in [0.2, 0.25) is 5.95 Å². The molecular formula is C28H26F2N6O3S. The van der Waals surface area contributed by atoms with Crippen molar-refractivity contribution in [3.05, 3.63) is 40.7 Å². The molecule has 1 N–H and O–H groups in total. The van der Waals surface area contributed by atoms with Gasteiger partial charge in [0, 0.05) is 35.6 Å². The molecule has 206 valence electrons. The van der Waals surface area contributed by atoms with Crippen LogP contribution in [0.2, 0.25) is 0 Å². The van der Waals surface area contributed by atoms with E-state index in [1.807, 2.05) is 11.0 Å². The van der Waals surface area contributed by atoms with Gasteiger partial charge in [0.1, 0.15) is 22.2 Å². The molecule has 0 spiro atoms. The van der Waals surface area contributed by atoms with E-state index in [0.717, 1.165) is 42.6 Å². The Bertz CT molecular complexity index is 1740. The van der Waals surface area contributed by atoms with Crippen LogP contribution in [0.25, 0.3) is 32.2 Å². The summed E-state index contributed by atoms with van der Waals surface area (Å²) in [6, 6.07) is 2.05. The van der Waals surface area contributed by atoms with Gasteiger partial charge in [-0.25, -0.2) is 23.5 Å². The van der Waals surface area contributed by atoms with Gasteiger partial charge < -0.3 is 14.4 Å². The van der Waals surface area contributed by atoms with Crippen molar-refractivity contribution in [1.82, 2.24) is 15.0 Å². The van der Waals surface area contributed by atoms with E-state index in [1.54, 1.807) is 27.0 Å². The highest BCUT2D eigenvalue weighted by Crippen LogP contribution is 2.46. The molecule has 9 nitrogen and oxygen atoms in total. The number of pyridine rings is 1. The zero-order valence-corrected chi connectivity index (χ0v) is 23.2. The lowest BCUT2D eigenvalue weighted by atomic mass is 9.94. The molecule has 0 radical (unpaired) electrons. The van der Waals surface area contributed by atoms with Crippen LogP contribution in [0.15, 0.2) is 12.4 Å². The largest absolute Gasteiger partial charge is 0.444 e. The van der Waals surface area contributed by atoms with Crippen LogP contribution < -0.4 is 10.2 Å². The van der Waals surface area contributed by atoms with Gasteiger partial charge in [-0.05, 0) is 44.2 Å². The smallest absolute Gasteiger partial charge is 0.412 e. The molecule has 1 fully saturated rings. The van der Waals surface area contributed by atoms with Crippen molar-refractivity contribution in [1.29, 1.82) is 5.26 Å². The molecule has 5 heterocycles. The summed E-state index contributed by atoms with van der Waals surface area (Å²) in [7, 11) is 0. The van der Waals surface area contributed by atoms with E-state index in [0.29, 0.717) is 22.8 Å². The molecule has 12 heteroatoms. The third kappa shape index (κ3) is 4.39. The summed E-state index contributed by atoms with van der Waals surface area (Å²) in [5.41, 5.74) is 0.758. The molecule has 3 aromatic heterocycles. The minimum Gasteiger partial charge on any atom is -0.444 e. The number of ether oxygens (including phenoxy) is 2. The number of rotatable bonds is 3. The van der Waals surface area contributed by atoms with Crippen molar-refractivity contribution in [2.75, 3.05) is 23.3 Å². The van der Waals surface area contributed by atoms with Gasteiger partial charge in [-0.3, -0.25) is 10.3 Å². The Kier molecular flexibility index (Phi) is 6.31. The first-order valence-corrected chi connectivity index (χ1v) is 13.7. The minimum absolute atomic E-state index is 0.0329. The Morgan fingerprint density at radius 2 is 2.02 bits per heavy atom. The predicted octanol–water partition coefficient (Wildman–Crippen LogP) is 6.28. The average molecular weight is 565 g/mol. The van der Waals surface area contributed by atoms with Crippen LogP contribution in [0.4, 0.5) is 24.5 Å². The maximum absolute atomic E-state index is 16.6. The Hall–Kier alpha value is -3.95. The van der Waals surface area contributed by atoms with E-state index in [2.05, 4.69) is 27.2 Å². The Morgan fingerprint density at radius 3 is 2.73 bits per heavy atom. The van der Waals surface area contributed by atoms with Crippen LogP contribution in [0.1, 0.15) is 50.8 Å². The summed E-state index contributed by atoms with van der Waals surface area (Å²) >= 11 is 0.865. The van der Waals surface area contributed by atoms with Gasteiger partial charge in [0.15, 0.2) is 11.6 Å². The summed E-state index contributed by atoms with van der Waals surface area (Å²) in [5, 5.41) is 13.4. The Morgan fingerprint density at radius 1 is 1.25 bits per heavy atom.